The number of ether oxygens (including phenoxy) is 2. The van der Waals surface area contributed by atoms with E-state index in [4.69, 9.17) is 9.47 Å². The summed E-state index contributed by atoms with van der Waals surface area (Å²) in [4.78, 5) is 31.9. The number of benzene rings is 2. The van der Waals surface area contributed by atoms with Crippen molar-refractivity contribution in [1.82, 2.24) is 9.97 Å². The lowest BCUT2D eigenvalue weighted by atomic mass is 10.0. The van der Waals surface area contributed by atoms with Crippen molar-refractivity contribution in [3.8, 4) is 17.0 Å². The monoisotopic (exact) mass is 367 g/mol. The molecule has 0 atom stereocenters. The minimum Gasteiger partial charge on any atom is -0.476 e. The summed E-state index contributed by atoms with van der Waals surface area (Å²) in [5.74, 6) is -0.667. The lowest BCUT2D eigenvalue weighted by Gasteiger charge is -2.10. The number of rotatable bonds is 6. The summed E-state index contributed by atoms with van der Waals surface area (Å²) in [5.41, 5.74) is 1.50. The molecule has 0 radical (unpaired) electrons. The molecule has 2 aromatic carbocycles. The van der Waals surface area contributed by atoms with Gasteiger partial charge in [-0.05, 0) is 25.5 Å². The first kappa shape index (κ1) is 18.2. The van der Waals surface area contributed by atoms with Gasteiger partial charge in [-0.1, -0.05) is 30.3 Å². The molecule has 138 valence electrons. The topological polar surface area (TPSA) is 104 Å². The minimum atomic E-state index is -0.657. The third-order valence-electron chi connectivity index (χ3n) is 3.78. The number of hydrogen-bond donors (Lipinski definition) is 0. The van der Waals surface area contributed by atoms with E-state index in [2.05, 4.69) is 9.97 Å². The first-order valence-electron chi connectivity index (χ1n) is 8.40. The summed E-state index contributed by atoms with van der Waals surface area (Å²) < 4.78 is 10.4. The molecular formula is C19H17N3O5. The minimum absolute atomic E-state index is 0.00907. The van der Waals surface area contributed by atoms with Gasteiger partial charge in [-0.15, -0.1) is 0 Å². The van der Waals surface area contributed by atoms with Crippen LogP contribution in [0.4, 0.5) is 5.69 Å². The number of nitro benzene ring substituents is 1. The van der Waals surface area contributed by atoms with E-state index in [0.717, 1.165) is 0 Å². The molecular weight excluding hydrogens is 350 g/mol. The van der Waals surface area contributed by atoms with E-state index >= 15 is 0 Å². The highest BCUT2D eigenvalue weighted by molar-refractivity contribution is 5.94. The molecule has 1 aromatic heterocycles. The van der Waals surface area contributed by atoms with Crippen LogP contribution in [-0.4, -0.2) is 34.1 Å². The summed E-state index contributed by atoms with van der Waals surface area (Å²) in [6.07, 6.45) is 0. The van der Waals surface area contributed by atoms with Crippen molar-refractivity contribution in [2.75, 3.05) is 13.2 Å². The highest BCUT2D eigenvalue weighted by atomic mass is 16.6. The molecule has 0 saturated carbocycles. The predicted octanol–water partition coefficient (Wildman–Crippen LogP) is 3.78. The van der Waals surface area contributed by atoms with E-state index < -0.39 is 10.9 Å². The van der Waals surface area contributed by atoms with Crippen LogP contribution >= 0.6 is 0 Å². The largest absolute Gasteiger partial charge is 0.476 e. The Balaban J connectivity index is 2.26. The Bertz CT molecular complexity index is 1010. The molecule has 0 unspecified atom stereocenters. The lowest BCUT2D eigenvalue weighted by molar-refractivity contribution is -0.384. The first-order valence-corrected chi connectivity index (χ1v) is 8.40. The molecule has 0 aliphatic heterocycles. The number of nitrogens with zero attached hydrogens (tertiary/aromatic N) is 3. The molecule has 0 aliphatic rings. The van der Waals surface area contributed by atoms with Crippen LogP contribution in [0.5, 0.6) is 5.88 Å². The van der Waals surface area contributed by atoms with Crippen LogP contribution in [0.2, 0.25) is 0 Å². The quantitative estimate of drug-likeness (QED) is 0.371. The average molecular weight is 367 g/mol. The van der Waals surface area contributed by atoms with Crippen LogP contribution in [0.15, 0.2) is 42.5 Å². The van der Waals surface area contributed by atoms with Gasteiger partial charge in [-0.3, -0.25) is 10.1 Å². The Morgan fingerprint density at radius 2 is 1.78 bits per heavy atom. The predicted molar refractivity (Wildman–Crippen MR) is 98.8 cm³/mol. The smallest absolute Gasteiger partial charge is 0.362 e. The van der Waals surface area contributed by atoms with Gasteiger partial charge < -0.3 is 9.47 Å². The Hall–Kier alpha value is -3.55. The fourth-order valence-corrected chi connectivity index (χ4v) is 2.65. The van der Waals surface area contributed by atoms with Crippen LogP contribution in [-0.2, 0) is 4.74 Å². The van der Waals surface area contributed by atoms with Gasteiger partial charge in [0.2, 0.25) is 11.6 Å². The maximum absolute atomic E-state index is 12.2. The molecule has 0 aliphatic carbocycles. The molecule has 27 heavy (non-hydrogen) atoms. The SMILES string of the molecule is CCOC(=O)c1nc2cc(-c3ccccc3)c([N+](=O)[O-])cc2nc1OCC. The molecule has 0 saturated heterocycles. The summed E-state index contributed by atoms with van der Waals surface area (Å²) >= 11 is 0. The fraction of sp³-hybridized carbons (Fsp3) is 0.211. The molecule has 0 fully saturated rings. The molecule has 8 nitrogen and oxygen atoms in total. The Kier molecular flexibility index (Phi) is 5.25. The third-order valence-corrected chi connectivity index (χ3v) is 3.78. The van der Waals surface area contributed by atoms with Crippen molar-refractivity contribution in [3.05, 3.63) is 58.3 Å². The van der Waals surface area contributed by atoms with Crippen molar-refractivity contribution in [2.45, 2.75) is 13.8 Å². The zero-order valence-electron chi connectivity index (χ0n) is 14.8. The van der Waals surface area contributed by atoms with Crippen LogP contribution in [0.3, 0.4) is 0 Å². The fourth-order valence-electron chi connectivity index (χ4n) is 2.65. The molecule has 3 aromatic rings. The van der Waals surface area contributed by atoms with Gasteiger partial charge in [0.25, 0.3) is 5.69 Å². The van der Waals surface area contributed by atoms with Crippen LogP contribution in [0.1, 0.15) is 24.3 Å². The average Bonchev–Trinajstić information content (AvgIpc) is 2.67. The van der Waals surface area contributed by atoms with Crippen molar-refractivity contribution in [2.24, 2.45) is 0 Å². The van der Waals surface area contributed by atoms with Gasteiger partial charge in [-0.25, -0.2) is 14.8 Å². The van der Waals surface area contributed by atoms with Gasteiger partial charge >= 0.3 is 5.97 Å². The number of aromatic nitrogens is 2. The highest BCUT2D eigenvalue weighted by Crippen LogP contribution is 2.34. The maximum atomic E-state index is 12.2. The van der Waals surface area contributed by atoms with Crippen LogP contribution in [0, 0.1) is 10.1 Å². The molecule has 0 bridgehead atoms. The Labute approximate surface area is 154 Å². The van der Waals surface area contributed by atoms with E-state index in [1.54, 1.807) is 44.2 Å². The standard InChI is InChI=1S/C19H17N3O5/c1-3-26-18-17(19(23)27-4-2)20-14-10-13(12-8-6-5-7-9-12)16(22(24)25)11-15(14)21-18/h5-11H,3-4H2,1-2H3. The van der Waals surface area contributed by atoms with Gasteiger partial charge in [0.1, 0.15) is 0 Å². The molecule has 3 rings (SSSR count). The van der Waals surface area contributed by atoms with E-state index in [1.165, 1.54) is 6.07 Å². The van der Waals surface area contributed by atoms with Crippen molar-refractivity contribution in [3.63, 3.8) is 0 Å². The van der Waals surface area contributed by atoms with Gasteiger partial charge in [0.05, 0.1) is 34.7 Å². The highest BCUT2D eigenvalue weighted by Gasteiger charge is 2.23. The third kappa shape index (κ3) is 3.69. The molecule has 0 amide bonds. The molecule has 1 heterocycles. The summed E-state index contributed by atoms with van der Waals surface area (Å²) in [5, 5.41) is 11.6. The molecule has 0 N–H and O–H groups in total. The zero-order chi connectivity index (χ0) is 19.4. The van der Waals surface area contributed by atoms with E-state index in [-0.39, 0.29) is 36.0 Å². The first-order chi connectivity index (χ1) is 13.0. The van der Waals surface area contributed by atoms with Crippen molar-refractivity contribution < 1.29 is 19.2 Å². The second kappa shape index (κ2) is 7.77. The van der Waals surface area contributed by atoms with Crippen molar-refractivity contribution in [1.29, 1.82) is 0 Å². The second-order valence-electron chi connectivity index (χ2n) is 5.51. The number of carbonyl (C=O) groups excluding carboxylic acids is 1. The van der Waals surface area contributed by atoms with E-state index in [1.807, 2.05) is 6.07 Å². The maximum Gasteiger partial charge on any atom is 0.362 e. The molecule has 8 heteroatoms. The Morgan fingerprint density at radius 3 is 2.41 bits per heavy atom. The van der Waals surface area contributed by atoms with Gasteiger partial charge in [0, 0.05) is 6.07 Å². The summed E-state index contributed by atoms with van der Waals surface area (Å²) in [6, 6.07) is 11.8. The zero-order valence-corrected chi connectivity index (χ0v) is 14.8. The number of hydrogen-bond acceptors (Lipinski definition) is 7. The summed E-state index contributed by atoms with van der Waals surface area (Å²) in [6.45, 7) is 3.86. The number of esters is 1. The number of carbonyl (C=O) groups is 1. The normalized spacial score (nSPS) is 10.6. The van der Waals surface area contributed by atoms with Crippen LogP contribution < -0.4 is 4.74 Å². The van der Waals surface area contributed by atoms with Gasteiger partial charge in [0.15, 0.2) is 0 Å². The van der Waals surface area contributed by atoms with Crippen LogP contribution in [0.25, 0.3) is 22.2 Å². The molecule has 0 spiro atoms. The van der Waals surface area contributed by atoms with E-state index in [0.29, 0.717) is 16.6 Å². The number of nitro groups is 1. The lowest BCUT2D eigenvalue weighted by Crippen LogP contribution is -2.12. The Morgan fingerprint density at radius 1 is 1.07 bits per heavy atom. The van der Waals surface area contributed by atoms with E-state index in [9.17, 15) is 14.9 Å². The number of fused-ring (bicyclic) bond motifs is 1. The summed E-state index contributed by atoms with van der Waals surface area (Å²) in [7, 11) is 0. The van der Waals surface area contributed by atoms with Crippen molar-refractivity contribution >= 4 is 22.7 Å². The van der Waals surface area contributed by atoms with Gasteiger partial charge in [-0.2, -0.15) is 0 Å². The second-order valence-corrected chi connectivity index (χ2v) is 5.51.